The number of nitriles is 1. The maximum absolute atomic E-state index is 12.6. The van der Waals surface area contributed by atoms with E-state index < -0.39 is 5.91 Å². The summed E-state index contributed by atoms with van der Waals surface area (Å²) in [5, 5.41) is 20.9. The Morgan fingerprint density at radius 3 is 2.81 bits per heavy atom. The van der Waals surface area contributed by atoms with E-state index in [-0.39, 0.29) is 10.7 Å². The molecule has 3 heterocycles. The summed E-state index contributed by atoms with van der Waals surface area (Å²) in [4.78, 5) is 12.6. The second-order valence-electron chi connectivity index (χ2n) is 6.24. The van der Waals surface area contributed by atoms with Crippen molar-refractivity contribution in [3.8, 4) is 28.3 Å². The highest BCUT2D eigenvalue weighted by molar-refractivity contribution is 7.18. The number of furan rings is 1. The number of hydrogen-bond acceptors (Lipinski definition) is 7. The van der Waals surface area contributed by atoms with Crippen molar-refractivity contribution >= 4 is 28.5 Å². The number of nitrogens with one attached hydrogen (secondary N) is 1. The topological polar surface area (TPSA) is 106 Å². The molecule has 0 saturated heterocycles. The van der Waals surface area contributed by atoms with Gasteiger partial charge in [0.1, 0.15) is 17.4 Å². The van der Waals surface area contributed by atoms with Crippen molar-refractivity contribution in [2.75, 3.05) is 11.9 Å². The second kappa shape index (κ2) is 9.11. The van der Waals surface area contributed by atoms with Crippen LogP contribution in [-0.2, 0) is 4.79 Å². The molecular formula is C22H17N5O3S. The molecule has 0 radical (unpaired) electrons. The van der Waals surface area contributed by atoms with Crippen LogP contribution in [0.25, 0.3) is 22.5 Å². The van der Waals surface area contributed by atoms with E-state index in [1.54, 1.807) is 12.1 Å². The quantitative estimate of drug-likeness (QED) is 0.340. The van der Waals surface area contributed by atoms with Gasteiger partial charge < -0.3 is 13.7 Å². The van der Waals surface area contributed by atoms with Crippen LogP contribution in [0.2, 0.25) is 0 Å². The first-order valence-electron chi connectivity index (χ1n) is 9.39. The van der Waals surface area contributed by atoms with Gasteiger partial charge in [-0.25, -0.2) is 0 Å². The molecular weight excluding hydrogens is 414 g/mol. The predicted octanol–water partition coefficient (Wildman–Crippen LogP) is 4.53. The summed E-state index contributed by atoms with van der Waals surface area (Å²) in [6.45, 7) is 2.52. The first-order valence-corrected chi connectivity index (χ1v) is 10.2. The van der Waals surface area contributed by atoms with Crippen LogP contribution in [0.5, 0.6) is 5.75 Å². The Labute approximate surface area is 182 Å². The SMILES string of the molecule is CCOc1ccc(-n2cccc2C=C(C#N)C(=O)Nc2nnc(-c3ccco3)s2)cc1. The van der Waals surface area contributed by atoms with Gasteiger partial charge in [0.15, 0.2) is 10.8 Å². The summed E-state index contributed by atoms with van der Waals surface area (Å²) in [5.41, 5.74) is 1.51. The first kappa shape index (κ1) is 20.1. The normalized spacial score (nSPS) is 11.2. The lowest BCUT2D eigenvalue weighted by Crippen LogP contribution is -2.13. The van der Waals surface area contributed by atoms with Crippen LogP contribution in [0, 0.1) is 11.3 Å². The number of rotatable bonds is 7. The average Bonchev–Trinajstić information content (AvgIpc) is 3.54. The minimum atomic E-state index is -0.566. The third kappa shape index (κ3) is 4.55. The molecule has 8 nitrogen and oxygen atoms in total. The van der Waals surface area contributed by atoms with Crippen molar-refractivity contribution < 1.29 is 13.9 Å². The molecule has 0 unspecified atom stereocenters. The molecule has 0 saturated carbocycles. The van der Waals surface area contributed by atoms with E-state index >= 15 is 0 Å². The molecule has 1 aromatic carbocycles. The zero-order valence-electron chi connectivity index (χ0n) is 16.5. The van der Waals surface area contributed by atoms with Gasteiger partial charge in [-0.3, -0.25) is 10.1 Å². The number of anilines is 1. The number of carbonyl (C=O) groups is 1. The van der Waals surface area contributed by atoms with E-state index in [9.17, 15) is 10.1 Å². The molecule has 31 heavy (non-hydrogen) atoms. The zero-order valence-corrected chi connectivity index (χ0v) is 17.3. The van der Waals surface area contributed by atoms with Gasteiger partial charge in [-0.05, 0) is 61.5 Å². The first-order chi connectivity index (χ1) is 15.2. The van der Waals surface area contributed by atoms with E-state index in [0.29, 0.717) is 23.1 Å². The molecule has 0 aliphatic rings. The fourth-order valence-corrected chi connectivity index (χ4v) is 3.56. The lowest BCUT2D eigenvalue weighted by Gasteiger charge is -2.09. The third-order valence-corrected chi connectivity index (χ3v) is 5.09. The van der Waals surface area contributed by atoms with Gasteiger partial charge in [0.2, 0.25) is 5.13 Å². The molecule has 4 rings (SSSR count). The van der Waals surface area contributed by atoms with Crippen molar-refractivity contribution in [2.24, 2.45) is 0 Å². The van der Waals surface area contributed by atoms with Crippen LogP contribution in [0.3, 0.4) is 0 Å². The smallest absolute Gasteiger partial charge is 0.268 e. The van der Waals surface area contributed by atoms with Gasteiger partial charge in [-0.2, -0.15) is 5.26 Å². The van der Waals surface area contributed by atoms with Crippen LogP contribution in [0.1, 0.15) is 12.6 Å². The van der Waals surface area contributed by atoms with Crippen molar-refractivity contribution in [1.29, 1.82) is 5.26 Å². The van der Waals surface area contributed by atoms with Gasteiger partial charge in [0.25, 0.3) is 5.91 Å². The Morgan fingerprint density at radius 2 is 2.10 bits per heavy atom. The number of benzene rings is 1. The summed E-state index contributed by atoms with van der Waals surface area (Å²) >= 11 is 1.16. The van der Waals surface area contributed by atoms with Gasteiger partial charge >= 0.3 is 0 Å². The Hall–Kier alpha value is -4.16. The van der Waals surface area contributed by atoms with Gasteiger partial charge in [0, 0.05) is 17.6 Å². The standard InChI is InChI=1S/C22H17N5O3S/c1-2-29-18-9-7-16(8-10-18)27-11-3-5-17(27)13-15(14-23)20(28)24-22-26-25-21(31-22)19-6-4-12-30-19/h3-13H,2H2,1H3,(H,24,26,28). The fourth-order valence-electron chi connectivity index (χ4n) is 2.85. The largest absolute Gasteiger partial charge is 0.494 e. The van der Waals surface area contributed by atoms with E-state index in [2.05, 4.69) is 15.5 Å². The maximum Gasteiger partial charge on any atom is 0.268 e. The second-order valence-corrected chi connectivity index (χ2v) is 7.22. The van der Waals surface area contributed by atoms with Crippen LogP contribution in [-0.4, -0.2) is 27.3 Å². The predicted molar refractivity (Wildman–Crippen MR) is 117 cm³/mol. The van der Waals surface area contributed by atoms with Crippen LogP contribution in [0.4, 0.5) is 5.13 Å². The number of hydrogen-bond donors (Lipinski definition) is 1. The molecule has 1 amide bonds. The molecule has 0 aliphatic carbocycles. The van der Waals surface area contributed by atoms with E-state index in [1.165, 1.54) is 12.3 Å². The summed E-state index contributed by atoms with van der Waals surface area (Å²) in [6.07, 6.45) is 4.92. The molecule has 0 spiro atoms. The van der Waals surface area contributed by atoms with Gasteiger partial charge in [0.05, 0.1) is 12.9 Å². The van der Waals surface area contributed by atoms with E-state index in [1.807, 2.05) is 60.2 Å². The van der Waals surface area contributed by atoms with Gasteiger partial charge in [-0.1, -0.05) is 11.3 Å². The number of aromatic nitrogens is 3. The molecule has 0 bridgehead atoms. The van der Waals surface area contributed by atoms with Crippen LogP contribution < -0.4 is 10.1 Å². The van der Waals surface area contributed by atoms with Gasteiger partial charge in [-0.15, -0.1) is 10.2 Å². The van der Waals surface area contributed by atoms with Crippen molar-refractivity contribution in [3.05, 3.63) is 72.3 Å². The number of ether oxygens (including phenoxy) is 1. The lowest BCUT2D eigenvalue weighted by atomic mass is 10.2. The minimum Gasteiger partial charge on any atom is -0.494 e. The zero-order chi connectivity index (χ0) is 21.6. The number of amides is 1. The molecule has 1 N–H and O–H groups in total. The van der Waals surface area contributed by atoms with Crippen LogP contribution in [0.15, 0.2) is 71.0 Å². The minimum absolute atomic E-state index is 0.0550. The Kier molecular flexibility index (Phi) is 5.91. The lowest BCUT2D eigenvalue weighted by molar-refractivity contribution is -0.112. The average molecular weight is 431 g/mol. The fraction of sp³-hybridized carbons (Fsp3) is 0.0909. The number of carbonyl (C=O) groups excluding carboxylic acids is 1. The summed E-state index contributed by atoms with van der Waals surface area (Å²) in [7, 11) is 0. The van der Waals surface area contributed by atoms with E-state index in [0.717, 1.165) is 22.8 Å². The Balaban J connectivity index is 1.53. The molecule has 9 heteroatoms. The summed E-state index contributed by atoms with van der Waals surface area (Å²) in [5.74, 6) is 0.768. The summed E-state index contributed by atoms with van der Waals surface area (Å²) in [6, 6.07) is 16.7. The number of nitrogens with zero attached hydrogens (tertiary/aromatic N) is 4. The van der Waals surface area contributed by atoms with Crippen molar-refractivity contribution in [1.82, 2.24) is 14.8 Å². The molecule has 0 fully saturated rings. The molecule has 0 aliphatic heterocycles. The molecule has 154 valence electrons. The Morgan fingerprint density at radius 1 is 1.26 bits per heavy atom. The molecule has 4 aromatic rings. The van der Waals surface area contributed by atoms with Crippen molar-refractivity contribution in [2.45, 2.75) is 6.92 Å². The van der Waals surface area contributed by atoms with E-state index in [4.69, 9.17) is 9.15 Å². The molecule has 3 aromatic heterocycles. The third-order valence-electron chi connectivity index (χ3n) is 4.24. The van der Waals surface area contributed by atoms with Crippen molar-refractivity contribution in [3.63, 3.8) is 0 Å². The highest BCUT2D eigenvalue weighted by Crippen LogP contribution is 2.27. The molecule has 0 atom stereocenters. The van der Waals surface area contributed by atoms with Crippen LogP contribution >= 0.6 is 11.3 Å². The maximum atomic E-state index is 12.6. The Bertz CT molecular complexity index is 1250. The monoisotopic (exact) mass is 431 g/mol. The highest BCUT2D eigenvalue weighted by atomic mass is 32.1. The highest BCUT2D eigenvalue weighted by Gasteiger charge is 2.15. The summed E-state index contributed by atoms with van der Waals surface area (Å²) < 4.78 is 12.6.